The molecule has 0 aliphatic rings. The molecule has 9 aromatic carbocycles. The van der Waals surface area contributed by atoms with Gasteiger partial charge in [0.05, 0.1) is 27.6 Å². The van der Waals surface area contributed by atoms with Crippen molar-refractivity contribution in [3.8, 4) is 39.3 Å². The van der Waals surface area contributed by atoms with E-state index >= 15 is 0 Å². The van der Waals surface area contributed by atoms with Gasteiger partial charge in [0, 0.05) is 16.2 Å². The molecule has 12 rings (SSSR count). The Kier molecular flexibility index (Phi) is 6.60. The summed E-state index contributed by atoms with van der Waals surface area (Å²) in [5.41, 5.74) is 13.3. The Labute approximate surface area is 322 Å². The summed E-state index contributed by atoms with van der Waals surface area (Å²) in [6.07, 6.45) is 0. The van der Waals surface area contributed by atoms with Crippen molar-refractivity contribution >= 4 is 70.9 Å². The number of rotatable bonds is 4. The third kappa shape index (κ3) is 4.47. The molecule has 0 fully saturated rings. The SMILES string of the molecule is c1ccc(-c2ccc(-c3c4ccccc4c(-c4ccc5c6ccccc6n(-c6nc7ccccc7c7nc8ccccc8n67)c5c4)c4ccccc34)cc2)cc1. The molecule has 4 heteroatoms. The fourth-order valence-corrected chi connectivity index (χ4v) is 9.03. The van der Waals surface area contributed by atoms with Gasteiger partial charge in [-0.3, -0.25) is 8.97 Å². The Morgan fingerprint density at radius 3 is 1.48 bits per heavy atom. The number of fused-ring (bicyclic) bond motifs is 10. The van der Waals surface area contributed by atoms with E-state index in [0.717, 1.165) is 50.1 Å². The molecule has 0 radical (unpaired) electrons. The van der Waals surface area contributed by atoms with Crippen LogP contribution in [0.4, 0.5) is 0 Å². The number of imidazole rings is 1. The Bertz CT molecular complexity index is 3460. The number of aromatic nitrogens is 4. The smallest absolute Gasteiger partial charge is 0.221 e. The number of para-hydroxylation sites is 4. The van der Waals surface area contributed by atoms with Crippen molar-refractivity contribution in [3.05, 3.63) is 194 Å². The molecule has 0 saturated carbocycles. The number of hydrogen-bond donors (Lipinski definition) is 0. The van der Waals surface area contributed by atoms with Gasteiger partial charge in [-0.2, -0.15) is 0 Å². The summed E-state index contributed by atoms with van der Waals surface area (Å²) in [6.45, 7) is 0. The highest BCUT2D eigenvalue weighted by Crippen LogP contribution is 2.45. The summed E-state index contributed by atoms with van der Waals surface area (Å²) in [4.78, 5) is 10.6. The lowest BCUT2D eigenvalue weighted by molar-refractivity contribution is 0.979. The Morgan fingerprint density at radius 1 is 0.304 bits per heavy atom. The van der Waals surface area contributed by atoms with Gasteiger partial charge in [0.2, 0.25) is 5.95 Å². The van der Waals surface area contributed by atoms with E-state index in [0.29, 0.717) is 0 Å². The maximum absolute atomic E-state index is 5.43. The summed E-state index contributed by atoms with van der Waals surface area (Å²) in [5, 5.41) is 8.31. The van der Waals surface area contributed by atoms with Crippen molar-refractivity contribution in [2.24, 2.45) is 0 Å². The molecule has 0 N–H and O–H groups in total. The Hall–Kier alpha value is -7.56. The molecule has 0 bridgehead atoms. The van der Waals surface area contributed by atoms with Crippen LogP contribution in [0.2, 0.25) is 0 Å². The molecule has 12 aromatic rings. The summed E-state index contributed by atoms with van der Waals surface area (Å²) in [6, 6.07) is 69.8. The lowest BCUT2D eigenvalue weighted by Crippen LogP contribution is -2.06. The van der Waals surface area contributed by atoms with Crippen molar-refractivity contribution in [2.75, 3.05) is 0 Å². The molecular formula is C52H32N4. The molecule has 0 spiro atoms. The third-order valence-corrected chi connectivity index (χ3v) is 11.5. The van der Waals surface area contributed by atoms with Crippen LogP contribution in [0.1, 0.15) is 0 Å². The monoisotopic (exact) mass is 712 g/mol. The highest BCUT2D eigenvalue weighted by atomic mass is 15.2. The zero-order chi connectivity index (χ0) is 36.7. The molecule has 4 nitrogen and oxygen atoms in total. The van der Waals surface area contributed by atoms with Gasteiger partial charge >= 0.3 is 0 Å². The van der Waals surface area contributed by atoms with Crippen molar-refractivity contribution in [1.82, 2.24) is 18.9 Å². The summed E-state index contributed by atoms with van der Waals surface area (Å²) in [7, 11) is 0. The van der Waals surface area contributed by atoms with Crippen LogP contribution >= 0.6 is 0 Å². The van der Waals surface area contributed by atoms with Crippen LogP contribution in [0, 0.1) is 0 Å². The topological polar surface area (TPSA) is 35.1 Å². The summed E-state index contributed by atoms with van der Waals surface area (Å²) in [5.74, 6) is 0.819. The van der Waals surface area contributed by atoms with Crippen molar-refractivity contribution < 1.29 is 0 Å². The van der Waals surface area contributed by atoms with Crippen LogP contribution in [-0.2, 0) is 0 Å². The van der Waals surface area contributed by atoms with E-state index in [1.807, 2.05) is 0 Å². The van der Waals surface area contributed by atoms with E-state index in [-0.39, 0.29) is 0 Å². The average Bonchev–Trinajstić information content (AvgIpc) is 3.82. The fourth-order valence-electron chi connectivity index (χ4n) is 9.03. The largest absolute Gasteiger partial charge is 0.279 e. The van der Waals surface area contributed by atoms with E-state index in [9.17, 15) is 0 Å². The molecule has 56 heavy (non-hydrogen) atoms. The minimum atomic E-state index is 0.819. The Morgan fingerprint density at radius 2 is 0.786 bits per heavy atom. The maximum atomic E-state index is 5.43. The number of hydrogen-bond acceptors (Lipinski definition) is 2. The van der Waals surface area contributed by atoms with Crippen molar-refractivity contribution in [2.45, 2.75) is 0 Å². The van der Waals surface area contributed by atoms with E-state index in [1.165, 1.54) is 60.1 Å². The second kappa shape index (κ2) is 12.0. The van der Waals surface area contributed by atoms with E-state index in [2.05, 4.69) is 203 Å². The lowest BCUT2D eigenvalue weighted by Gasteiger charge is -2.18. The van der Waals surface area contributed by atoms with Gasteiger partial charge in [0.25, 0.3) is 0 Å². The molecule has 0 amide bonds. The molecule has 0 aliphatic heterocycles. The fraction of sp³-hybridized carbons (Fsp3) is 0. The summed E-state index contributed by atoms with van der Waals surface area (Å²) >= 11 is 0. The van der Waals surface area contributed by atoms with Gasteiger partial charge < -0.3 is 0 Å². The first-order valence-electron chi connectivity index (χ1n) is 19.1. The summed E-state index contributed by atoms with van der Waals surface area (Å²) < 4.78 is 4.58. The van der Waals surface area contributed by atoms with Gasteiger partial charge in [-0.15, -0.1) is 0 Å². The second-order valence-corrected chi connectivity index (χ2v) is 14.6. The first-order valence-corrected chi connectivity index (χ1v) is 19.1. The van der Waals surface area contributed by atoms with Crippen molar-refractivity contribution in [3.63, 3.8) is 0 Å². The van der Waals surface area contributed by atoms with Crippen molar-refractivity contribution in [1.29, 1.82) is 0 Å². The predicted molar refractivity (Wildman–Crippen MR) is 234 cm³/mol. The average molecular weight is 713 g/mol. The lowest BCUT2D eigenvalue weighted by atomic mass is 9.85. The van der Waals surface area contributed by atoms with Gasteiger partial charge in [0.1, 0.15) is 5.65 Å². The zero-order valence-corrected chi connectivity index (χ0v) is 30.3. The molecule has 3 heterocycles. The van der Waals surface area contributed by atoms with Crippen LogP contribution in [0.15, 0.2) is 194 Å². The van der Waals surface area contributed by atoms with Gasteiger partial charge in [-0.05, 0) is 91.3 Å². The minimum Gasteiger partial charge on any atom is -0.279 e. The Balaban J connectivity index is 1.15. The normalized spacial score (nSPS) is 11.9. The minimum absolute atomic E-state index is 0.819. The predicted octanol–water partition coefficient (Wildman–Crippen LogP) is 13.4. The molecule has 0 aliphatic carbocycles. The van der Waals surface area contributed by atoms with Crippen LogP contribution in [-0.4, -0.2) is 18.9 Å². The van der Waals surface area contributed by atoms with Crippen LogP contribution in [0.25, 0.3) is 110 Å². The highest BCUT2D eigenvalue weighted by Gasteiger charge is 2.22. The highest BCUT2D eigenvalue weighted by molar-refractivity contribution is 6.22. The first-order chi connectivity index (χ1) is 27.8. The van der Waals surface area contributed by atoms with E-state index < -0.39 is 0 Å². The third-order valence-electron chi connectivity index (χ3n) is 11.5. The van der Waals surface area contributed by atoms with Gasteiger partial charge in [0.15, 0.2) is 0 Å². The van der Waals surface area contributed by atoms with Crippen LogP contribution < -0.4 is 0 Å². The molecular weight excluding hydrogens is 681 g/mol. The first kappa shape index (κ1) is 30.9. The molecule has 260 valence electrons. The quantitative estimate of drug-likeness (QED) is 0.170. The molecule has 0 saturated heterocycles. The van der Waals surface area contributed by atoms with Gasteiger partial charge in [-0.1, -0.05) is 158 Å². The molecule has 0 unspecified atom stereocenters. The molecule has 0 atom stereocenters. The zero-order valence-electron chi connectivity index (χ0n) is 30.3. The second-order valence-electron chi connectivity index (χ2n) is 14.6. The number of benzene rings is 9. The van der Waals surface area contributed by atoms with Crippen LogP contribution in [0.5, 0.6) is 0 Å². The molecule has 3 aromatic heterocycles. The maximum Gasteiger partial charge on any atom is 0.221 e. The standard InChI is InChI=1S/C52H32N4/c1-2-14-33(15-3-1)34-26-28-35(29-27-34)49-39-17-4-6-19-41(39)50(42-20-7-5-18-40(42)49)36-30-31-38-37-16-9-12-24-46(37)55(48(38)32-36)52-54-44-22-10-8-21-43(44)51-53-45-23-11-13-25-47(45)56(51)52/h1-32H. The van der Waals surface area contributed by atoms with Crippen LogP contribution in [0.3, 0.4) is 0 Å². The van der Waals surface area contributed by atoms with E-state index in [4.69, 9.17) is 9.97 Å². The number of nitrogens with zero attached hydrogens (tertiary/aromatic N) is 4. The van der Waals surface area contributed by atoms with E-state index in [1.54, 1.807) is 0 Å². The van der Waals surface area contributed by atoms with Gasteiger partial charge in [-0.25, -0.2) is 9.97 Å².